The Morgan fingerprint density at radius 1 is 0.778 bits per heavy atom. The fraction of sp³-hybridized carbons (Fsp3) is 0.0870. The van der Waals surface area contributed by atoms with Crippen molar-refractivity contribution in [3.8, 4) is 11.8 Å². The maximum Gasteiger partial charge on any atom is 0.236 e. The molecule has 5 rings (SSSR count). The third-order valence-corrected chi connectivity index (χ3v) is 5.29. The first-order chi connectivity index (χ1) is 13.1. The maximum absolute atomic E-state index is 12.5. The van der Waals surface area contributed by atoms with Gasteiger partial charge < -0.3 is 10.2 Å². The molecule has 1 heterocycles. The summed E-state index contributed by atoms with van der Waals surface area (Å²) in [7, 11) is 0. The second kappa shape index (κ2) is 5.74. The molecule has 0 unspecified atom stereocenters. The molecule has 0 aliphatic rings. The van der Waals surface area contributed by atoms with Crippen LogP contribution in [0.4, 0.5) is 0 Å². The molecule has 0 fully saturated rings. The summed E-state index contributed by atoms with van der Waals surface area (Å²) < 4.78 is 0.943. The van der Waals surface area contributed by atoms with E-state index in [1.165, 1.54) is 33.7 Å². The molecule has 0 amide bonds. The van der Waals surface area contributed by atoms with Crippen LogP contribution < -0.4 is 0 Å². The van der Waals surface area contributed by atoms with Gasteiger partial charge in [0.1, 0.15) is 0 Å². The zero-order valence-electron chi connectivity index (χ0n) is 14.5. The van der Waals surface area contributed by atoms with Crippen molar-refractivity contribution < 1.29 is 15.0 Å². The molecule has 0 aliphatic heterocycles. The first-order valence-corrected chi connectivity index (χ1v) is 8.92. The van der Waals surface area contributed by atoms with Gasteiger partial charge in [-0.05, 0) is 44.3 Å². The highest BCUT2D eigenvalue weighted by Crippen LogP contribution is 2.36. The van der Waals surface area contributed by atoms with Crippen LogP contribution in [-0.2, 0) is 6.42 Å². The summed E-state index contributed by atoms with van der Waals surface area (Å²) in [4.78, 5) is 12.5. The second-order valence-corrected chi connectivity index (χ2v) is 6.86. The Hall–Kier alpha value is -3.53. The summed E-state index contributed by atoms with van der Waals surface area (Å²) in [6, 6.07) is 21.6. The van der Waals surface area contributed by atoms with Crippen molar-refractivity contribution in [1.82, 2.24) is 4.57 Å². The summed E-state index contributed by atoms with van der Waals surface area (Å²) in [6.07, 6.45) is 0.718. The van der Waals surface area contributed by atoms with E-state index in [9.17, 15) is 15.0 Å². The smallest absolute Gasteiger partial charge is 0.236 e. The zero-order valence-corrected chi connectivity index (χ0v) is 14.5. The lowest BCUT2D eigenvalue weighted by molar-refractivity contribution is 0.0884. The van der Waals surface area contributed by atoms with Crippen molar-refractivity contribution in [2.45, 2.75) is 12.8 Å². The van der Waals surface area contributed by atoms with Gasteiger partial charge in [-0.15, -0.1) is 0 Å². The van der Waals surface area contributed by atoms with E-state index in [-0.39, 0.29) is 24.1 Å². The van der Waals surface area contributed by atoms with Gasteiger partial charge in [-0.3, -0.25) is 4.79 Å². The number of aromatic nitrogens is 1. The van der Waals surface area contributed by atoms with Crippen molar-refractivity contribution in [1.29, 1.82) is 0 Å². The Morgan fingerprint density at radius 3 is 2.15 bits per heavy atom. The average Bonchev–Trinajstić information content (AvgIpc) is 3.02. The standard InChI is InChI=1S/C23H17NO3/c25-19(24-20(26)11-12-21(24)27)10-9-16-13-17-5-1-3-14-7-8-15-4-2-6-18(16)23(15)22(14)17/h1-8,11-13,26-27H,9-10H2. The average molecular weight is 355 g/mol. The molecule has 0 bridgehead atoms. The summed E-state index contributed by atoms with van der Waals surface area (Å²) in [6.45, 7) is 0. The lowest BCUT2D eigenvalue weighted by Crippen LogP contribution is -2.10. The molecule has 1 aromatic heterocycles. The highest BCUT2D eigenvalue weighted by molar-refractivity contribution is 6.23. The lowest BCUT2D eigenvalue weighted by Gasteiger charge is -2.14. The number of carbonyl (C=O) groups excluding carboxylic acids is 1. The fourth-order valence-corrected chi connectivity index (χ4v) is 4.07. The molecular formula is C23H17NO3. The Balaban J connectivity index is 1.62. The van der Waals surface area contributed by atoms with E-state index in [2.05, 4.69) is 42.5 Å². The molecule has 4 heteroatoms. The Morgan fingerprint density at radius 2 is 1.41 bits per heavy atom. The van der Waals surface area contributed by atoms with E-state index in [1.807, 2.05) is 12.1 Å². The van der Waals surface area contributed by atoms with Gasteiger partial charge >= 0.3 is 0 Å². The quantitative estimate of drug-likeness (QED) is 0.444. The van der Waals surface area contributed by atoms with Gasteiger partial charge in [-0.25, -0.2) is 4.57 Å². The van der Waals surface area contributed by atoms with Gasteiger partial charge in [0.05, 0.1) is 0 Å². The van der Waals surface area contributed by atoms with Gasteiger partial charge in [0.2, 0.25) is 17.7 Å². The lowest BCUT2D eigenvalue weighted by atomic mass is 9.90. The van der Waals surface area contributed by atoms with Crippen molar-refractivity contribution >= 4 is 38.2 Å². The van der Waals surface area contributed by atoms with Gasteiger partial charge in [0.25, 0.3) is 0 Å². The molecule has 0 atom stereocenters. The van der Waals surface area contributed by atoms with Crippen LogP contribution in [0.3, 0.4) is 0 Å². The first-order valence-electron chi connectivity index (χ1n) is 8.92. The number of hydrogen-bond acceptors (Lipinski definition) is 3. The van der Waals surface area contributed by atoms with E-state index in [1.54, 1.807) is 0 Å². The van der Waals surface area contributed by atoms with Gasteiger partial charge in [0, 0.05) is 18.6 Å². The Bertz CT molecular complexity index is 1300. The molecular weight excluding hydrogens is 338 g/mol. The van der Waals surface area contributed by atoms with Crippen molar-refractivity contribution in [2.24, 2.45) is 0 Å². The van der Waals surface area contributed by atoms with E-state index in [0.29, 0.717) is 6.42 Å². The van der Waals surface area contributed by atoms with E-state index >= 15 is 0 Å². The van der Waals surface area contributed by atoms with Crippen LogP contribution in [0.15, 0.2) is 66.7 Å². The number of hydrogen-bond donors (Lipinski definition) is 2. The molecule has 5 aromatic rings. The van der Waals surface area contributed by atoms with E-state index in [0.717, 1.165) is 20.9 Å². The predicted octanol–water partition coefficient (Wildman–Crippen LogP) is 5.07. The third kappa shape index (κ3) is 2.34. The van der Waals surface area contributed by atoms with E-state index < -0.39 is 0 Å². The fourth-order valence-electron chi connectivity index (χ4n) is 4.07. The van der Waals surface area contributed by atoms with Crippen LogP contribution in [0.1, 0.15) is 16.8 Å². The molecule has 0 spiro atoms. The minimum atomic E-state index is -0.333. The van der Waals surface area contributed by atoms with Crippen LogP contribution in [0.5, 0.6) is 11.8 Å². The summed E-state index contributed by atoms with van der Waals surface area (Å²) in [5.41, 5.74) is 1.09. The minimum absolute atomic E-state index is 0.191. The number of aromatic hydroxyl groups is 2. The van der Waals surface area contributed by atoms with E-state index in [4.69, 9.17) is 0 Å². The summed E-state index contributed by atoms with van der Waals surface area (Å²) in [5.74, 6) is -0.820. The maximum atomic E-state index is 12.5. The third-order valence-electron chi connectivity index (χ3n) is 5.29. The minimum Gasteiger partial charge on any atom is -0.494 e. The van der Waals surface area contributed by atoms with Crippen molar-refractivity contribution in [3.05, 3.63) is 72.3 Å². The molecule has 0 aliphatic carbocycles. The van der Waals surface area contributed by atoms with Crippen molar-refractivity contribution in [2.75, 3.05) is 0 Å². The van der Waals surface area contributed by atoms with Crippen molar-refractivity contribution in [3.63, 3.8) is 0 Å². The highest BCUT2D eigenvalue weighted by Gasteiger charge is 2.16. The van der Waals surface area contributed by atoms with Crippen LogP contribution in [0.2, 0.25) is 0 Å². The number of carbonyl (C=O) groups is 1. The SMILES string of the molecule is O=C(CCc1cc2cccc3ccc4cccc1c4c32)n1c(O)ccc1O. The number of nitrogens with zero attached hydrogens (tertiary/aromatic N) is 1. The number of rotatable bonds is 3. The summed E-state index contributed by atoms with van der Waals surface area (Å²) in [5, 5.41) is 26.7. The molecule has 27 heavy (non-hydrogen) atoms. The Kier molecular flexibility index (Phi) is 3.34. The topological polar surface area (TPSA) is 62.5 Å². The molecule has 4 aromatic carbocycles. The Labute approximate surface area is 155 Å². The monoisotopic (exact) mass is 355 g/mol. The molecule has 0 saturated carbocycles. The normalized spacial score (nSPS) is 11.7. The van der Waals surface area contributed by atoms with Crippen LogP contribution in [0, 0.1) is 0 Å². The van der Waals surface area contributed by atoms with Crippen LogP contribution in [-0.4, -0.2) is 20.7 Å². The number of aryl methyl sites for hydroxylation is 1. The van der Waals surface area contributed by atoms with Crippen LogP contribution >= 0.6 is 0 Å². The molecule has 0 radical (unpaired) electrons. The molecule has 2 N–H and O–H groups in total. The summed E-state index contributed by atoms with van der Waals surface area (Å²) >= 11 is 0. The largest absolute Gasteiger partial charge is 0.494 e. The highest BCUT2D eigenvalue weighted by atomic mass is 16.3. The van der Waals surface area contributed by atoms with Gasteiger partial charge in [0.15, 0.2) is 0 Å². The van der Waals surface area contributed by atoms with Gasteiger partial charge in [-0.1, -0.05) is 54.6 Å². The predicted molar refractivity (Wildman–Crippen MR) is 107 cm³/mol. The molecule has 4 nitrogen and oxygen atoms in total. The molecule has 132 valence electrons. The zero-order chi connectivity index (χ0) is 18.5. The van der Waals surface area contributed by atoms with Crippen LogP contribution in [0.25, 0.3) is 32.3 Å². The second-order valence-electron chi connectivity index (χ2n) is 6.86. The molecule has 0 saturated heterocycles. The first kappa shape index (κ1) is 15.7. The number of benzene rings is 4. The van der Waals surface area contributed by atoms with Gasteiger partial charge in [-0.2, -0.15) is 0 Å².